The summed E-state index contributed by atoms with van der Waals surface area (Å²) in [7, 11) is 0. The molecule has 1 saturated heterocycles. The molecule has 108 valence electrons. The number of fused-ring (bicyclic) bond motifs is 1. The van der Waals surface area contributed by atoms with Crippen LogP contribution in [0, 0.1) is 5.92 Å². The number of nitrogens with zero attached hydrogens (tertiary/aromatic N) is 1. The number of benzene rings is 1. The summed E-state index contributed by atoms with van der Waals surface area (Å²) in [5, 5.41) is 3.64. The highest BCUT2D eigenvalue weighted by molar-refractivity contribution is 6.30. The van der Waals surface area contributed by atoms with Gasteiger partial charge in [-0.05, 0) is 49.8 Å². The molecular formula is C16H21ClN2O. The molecule has 2 amide bonds. The van der Waals surface area contributed by atoms with Gasteiger partial charge in [0.2, 0.25) is 0 Å². The molecule has 20 heavy (non-hydrogen) atoms. The average Bonchev–Trinajstić information content (AvgIpc) is 2.46. The van der Waals surface area contributed by atoms with Gasteiger partial charge in [0.15, 0.2) is 0 Å². The summed E-state index contributed by atoms with van der Waals surface area (Å²) in [6, 6.07) is 7.82. The summed E-state index contributed by atoms with van der Waals surface area (Å²) in [5.41, 5.74) is 0.778. The minimum Gasteiger partial charge on any atom is -0.321 e. The molecule has 1 N–H and O–H groups in total. The number of halogens is 1. The molecule has 0 unspecified atom stereocenters. The lowest BCUT2D eigenvalue weighted by atomic mass is 9.78. The Kier molecular flexibility index (Phi) is 4.16. The minimum atomic E-state index is 0.0314. The summed E-state index contributed by atoms with van der Waals surface area (Å²) < 4.78 is 0. The molecule has 2 aliphatic rings. The maximum Gasteiger partial charge on any atom is 0.322 e. The number of carbonyl (C=O) groups is 1. The van der Waals surface area contributed by atoms with Gasteiger partial charge >= 0.3 is 6.03 Å². The standard InChI is InChI=1S/C16H21ClN2O/c17-13-7-3-8-14(11-13)18-16(20)19-10-4-6-12-5-1-2-9-15(12)19/h3,7-8,11-12,15H,1-2,4-6,9-10H2,(H,18,20)/t12-,15-/m1/s1. The van der Waals surface area contributed by atoms with Crippen molar-refractivity contribution in [3.8, 4) is 0 Å². The van der Waals surface area contributed by atoms with E-state index in [0.717, 1.165) is 25.1 Å². The maximum absolute atomic E-state index is 12.5. The van der Waals surface area contributed by atoms with E-state index in [1.54, 1.807) is 6.07 Å². The molecule has 1 aliphatic carbocycles. The summed E-state index contributed by atoms with van der Waals surface area (Å²) in [5.74, 6) is 0.711. The topological polar surface area (TPSA) is 32.3 Å². The van der Waals surface area contributed by atoms with E-state index in [2.05, 4.69) is 5.32 Å². The van der Waals surface area contributed by atoms with Crippen LogP contribution in [0.4, 0.5) is 10.5 Å². The molecule has 0 aromatic heterocycles. The van der Waals surface area contributed by atoms with Gasteiger partial charge in [-0.1, -0.05) is 30.5 Å². The Hall–Kier alpha value is -1.22. The first-order chi connectivity index (χ1) is 9.74. The Morgan fingerprint density at radius 1 is 1.20 bits per heavy atom. The second-order valence-corrected chi connectivity index (χ2v) is 6.32. The van der Waals surface area contributed by atoms with E-state index in [0.29, 0.717) is 17.0 Å². The Morgan fingerprint density at radius 2 is 2.00 bits per heavy atom. The van der Waals surface area contributed by atoms with Crippen molar-refractivity contribution in [1.82, 2.24) is 4.90 Å². The molecule has 3 rings (SSSR count). The quantitative estimate of drug-likeness (QED) is 0.810. The molecular weight excluding hydrogens is 272 g/mol. The molecule has 4 heteroatoms. The molecule has 1 aromatic rings. The smallest absolute Gasteiger partial charge is 0.321 e. The van der Waals surface area contributed by atoms with Crippen molar-refractivity contribution in [2.45, 2.75) is 44.6 Å². The van der Waals surface area contributed by atoms with Crippen LogP contribution in [-0.2, 0) is 0 Å². The van der Waals surface area contributed by atoms with Crippen LogP contribution in [0.5, 0.6) is 0 Å². The average molecular weight is 293 g/mol. The van der Waals surface area contributed by atoms with Crippen LogP contribution >= 0.6 is 11.6 Å². The number of rotatable bonds is 1. The Bertz CT molecular complexity index is 489. The molecule has 2 fully saturated rings. The van der Waals surface area contributed by atoms with Crippen molar-refractivity contribution in [2.24, 2.45) is 5.92 Å². The Balaban J connectivity index is 1.69. The second-order valence-electron chi connectivity index (χ2n) is 5.89. The van der Waals surface area contributed by atoms with E-state index in [1.807, 2.05) is 23.1 Å². The molecule has 1 saturated carbocycles. The summed E-state index contributed by atoms with van der Waals surface area (Å²) >= 11 is 5.96. The van der Waals surface area contributed by atoms with Gasteiger partial charge in [0.25, 0.3) is 0 Å². The highest BCUT2D eigenvalue weighted by Gasteiger charge is 2.35. The second kappa shape index (κ2) is 6.04. The zero-order valence-electron chi connectivity index (χ0n) is 11.6. The molecule has 0 radical (unpaired) electrons. The van der Waals surface area contributed by atoms with Gasteiger partial charge in [0, 0.05) is 23.3 Å². The minimum absolute atomic E-state index is 0.0314. The first-order valence-electron chi connectivity index (χ1n) is 7.57. The third kappa shape index (κ3) is 2.93. The monoisotopic (exact) mass is 292 g/mol. The van der Waals surface area contributed by atoms with Crippen LogP contribution in [0.1, 0.15) is 38.5 Å². The summed E-state index contributed by atoms with van der Waals surface area (Å²) in [4.78, 5) is 14.6. The largest absolute Gasteiger partial charge is 0.322 e. The number of hydrogen-bond donors (Lipinski definition) is 1. The van der Waals surface area contributed by atoms with Gasteiger partial charge < -0.3 is 10.2 Å². The van der Waals surface area contributed by atoms with E-state index in [1.165, 1.54) is 25.7 Å². The zero-order chi connectivity index (χ0) is 13.9. The fourth-order valence-electron chi connectivity index (χ4n) is 3.64. The predicted octanol–water partition coefficient (Wildman–Crippen LogP) is 4.53. The van der Waals surface area contributed by atoms with Gasteiger partial charge in [-0.15, -0.1) is 0 Å². The number of amides is 2. The lowest BCUT2D eigenvalue weighted by Gasteiger charge is -2.44. The molecule has 0 bridgehead atoms. The van der Waals surface area contributed by atoms with Crippen LogP contribution < -0.4 is 5.32 Å². The number of anilines is 1. The zero-order valence-corrected chi connectivity index (χ0v) is 12.4. The number of piperidine rings is 1. The first kappa shape index (κ1) is 13.7. The SMILES string of the molecule is O=C(Nc1cccc(Cl)c1)N1CCC[C@H]2CCCC[C@H]21. The fraction of sp³-hybridized carbons (Fsp3) is 0.562. The van der Waals surface area contributed by atoms with Crippen LogP contribution in [0.15, 0.2) is 24.3 Å². The lowest BCUT2D eigenvalue weighted by Crippen LogP contribution is -2.51. The molecule has 1 aromatic carbocycles. The highest BCUT2D eigenvalue weighted by Crippen LogP contribution is 2.35. The highest BCUT2D eigenvalue weighted by atomic mass is 35.5. The molecule has 0 spiro atoms. The van der Waals surface area contributed by atoms with E-state index in [4.69, 9.17) is 11.6 Å². The summed E-state index contributed by atoms with van der Waals surface area (Å²) in [6.45, 7) is 0.883. The van der Waals surface area contributed by atoms with Crippen molar-refractivity contribution in [3.05, 3.63) is 29.3 Å². The predicted molar refractivity (Wildman–Crippen MR) is 82.2 cm³/mol. The van der Waals surface area contributed by atoms with E-state index in [9.17, 15) is 4.79 Å². The van der Waals surface area contributed by atoms with E-state index in [-0.39, 0.29) is 6.03 Å². The number of hydrogen-bond acceptors (Lipinski definition) is 1. The number of likely N-dealkylation sites (tertiary alicyclic amines) is 1. The van der Waals surface area contributed by atoms with Crippen molar-refractivity contribution in [3.63, 3.8) is 0 Å². The normalized spacial score (nSPS) is 25.9. The van der Waals surface area contributed by atoms with Crippen molar-refractivity contribution in [1.29, 1.82) is 0 Å². The van der Waals surface area contributed by atoms with Crippen LogP contribution in [0.3, 0.4) is 0 Å². The van der Waals surface area contributed by atoms with Crippen molar-refractivity contribution in [2.75, 3.05) is 11.9 Å². The maximum atomic E-state index is 12.5. The van der Waals surface area contributed by atoms with E-state index < -0.39 is 0 Å². The summed E-state index contributed by atoms with van der Waals surface area (Å²) in [6.07, 6.45) is 7.43. The Labute approximate surface area is 125 Å². The molecule has 1 heterocycles. The van der Waals surface area contributed by atoms with Crippen LogP contribution in [-0.4, -0.2) is 23.5 Å². The number of nitrogens with one attached hydrogen (secondary N) is 1. The third-order valence-electron chi connectivity index (χ3n) is 4.58. The Morgan fingerprint density at radius 3 is 2.85 bits per heavy atom. The fourth-order valence-corrected chi connectivity index (χ4v) is 3.83. The van der Waals surface area contributed by atoms with Gasteiger partial charge in [-0.2, -0.15) is 0 Å². The van der Waals surface area contributed by atoms with Gasteiger partial charge in [-0.25, -0.2) is 4.79 Å². The van der Waals surface area contributed by atoms with Crippen molar-refractivity contribution >= 4 is 23.3 Å². The van der Waals surface area contributed by atoms with Gasteiger partial charge in [0.05, 0.1) is 0 Å². The van der Waals surface area contributed by atoms with Crippen molar-refractivity contribution < 1.29 is 4.79 Å². The lowest BCUT2D eigenvalue weighted by molar-refractivity contribution is 0.0909. The van der Waals surface area contributed by atoms with Crippen LogP contribution in [0.25, 0.3) is 0 Å². The number of urea groups is 1. The van der Waals surface area contributed by atoms with Crippen LogP contribution in [0.2, 0.25) is 5.02 Å². The molecule has 2 atom stereocenters. The third-order valence-corrected chi connectivity index (χ3v) is 4.82. The van der Waals surface area contributed by atoms with E-state index >= 15 is 0 Å². The molecule has 3 nitrogen and oxygen atoms in total. The van der Waals surface area contributed by atoms with Gasteiger partial charge in [0.1, 0.15) is 0 Å². The van der Waals surface area contributed by atoms with Gasteiger partial charge in [-0.3, -0.25) is 0 Å². The molecule has 1 aliphatic heterocycles. The first-order valence-corrected chi connectivity index (χ1v) is 7.95. The number of carbonyl (C=O) groups excluding carboxylic acids is 1.